The molecule has 0 aliphatic carbocycles. The van der Waals surface area contributed by atoms with Crippen LogP contribution in [0.5, 0.6) is 11.5 Å². The fourth-order valence-corrected chi connectivity index (χ4v) is 2.51. The third-order valence-corrected chi connectivity index (χ3v) is 3.63. The lowest BCUT2D eigenvalue weighted by Gasteiger charge is -2.22. The number of ether oxygens (including phenoxy) is 1. The van der Waals surface area contributed by atoms with E-state index < -0.39 is 6.03 Å². The molecule has 3 rings (SSSR count). The van der Waals surface area contributed by atoms with Gasteiger partial charge in [0.2, 0.25) is 0 Å². The van der Waals surface area contributed by atoms with Gasteiger partial charge in [0.15, 0.2) is 0 Å². The number of nitrogens with zero attached hydrogens (tertiary/aromatic N) is 1. The van der Waals surface area contributed by atoms with E-state index >= 15 is 0 Å². The van der Waals surface area contributed by atoms with Crippen molar-refractivity contribution < 1.29 is 14.6 Å². The molecule has 0 saturated carbocycles. The van der Waals surface area contributed by atoms with Gasteiger partial charge in [-0.25, -0.2) is 4.79 Å². The van der Waals surface area contributed by atoms with Gasteiger partial charge in [0.1, 0.15) is 11.5 Å². The van der Waals surface area contributed by atoms with Gasteiger partial charge >= 0.3 is 6.03 Å². The number of urea groups is 1. The second-order valence-electron chi connectivity index (χ2n) is 5.06. The van der Waals surface area contributed by atoms with E-state index in [9.17, 15) is 9.90 Å². The number of primary amides is 1. The van der Waals surface area contributed by atoms with Crippen molar-refractivity contribution in [3.8, 4) is 11.5 Å². The van der Waals surface area contributed by atoms with Crippen molar-refractivity contribution in [2.45, 2.75) is 0 Å². The predicted molar refractivity (Wildman–Crippen MR) is 90.3 cm³/mol. The van der Waals surface area contributed by atoms with Gasteiger partial charge in [0.05, 0.1) is 18.5 Å². The molecule has 0 aliphatic rings. The van der Waals surface area contributed by atoms with E-state index in [1.807, 2.05) is 24.3 Å². The minimum atomic E-state index is -0.680. The molecule has 0 radical (unpaired) electrons. The maximum atomic E-state index is 11.9. The Morgan fingerprint density at radius 1 is 1.04 bits per heavy atom. The molecule has 2 amide bonds. The summed E-state index contributed by atoms with van der Waals surface area (Å²) >= 11 is 0. The van der Waals surface area contributed by atoms with Crippen LogP contribution in [0.2, 0.25) is 0 Å². The molecule has 23 heavy (non-hydrogen) atoms. The number of hydrogen-bond acceptors (Lipinski definition) is 3. The molecule has 0 saturated heterocycles. The summed E-state index contributed by atoms with van der Waals surface area (Å²) in [4.78, 5) is 13.2. The average molecular weight is 308 g/mol. The standard InChI is InChI=1S/C18H16N2O3/c1-23-15-8-6-14(7-9-15)20(18(19)22)16-10-12-4-2-3-5-13(12)11-17(16)21/h2-11,21H,1H3,(H2,19,22). The molecule has 0 atom stereocenters. The van der Waals surface area contributed by atoms with Crippen LogP contribution in [0.4, 0.5) is 16.2 Å². The van der Waals surface area contributed by atoms with Crippen molar-refractivity contribution in [1.29, 1.82) is 0 Å². The first-order chi connectivity index (χ1) is 11.1. The van der Waals surface area contributed by atoms with Crippen molar-refractivity contribution in [2.75, 3.05) is 12.0 Å². The van der Waals surface area contributed by atoms with E-state index in [4.69, 9.17) is 10.5 Å². The second kappa shape index (κ2) is 5.88. The van der Waals surface area contributed by atoms with Crippen LogP contribution < -0.4 is 15.4 Å². The Labute approximate surface area is 133 Å². The monoisotopic (exact) mass is 308 g/mol. The molecule has 0 aromatic heterocycles. The highest BCUT2D eigenvalue weighted by Crippen LogP contribution is 2.36. The van der Waals surface area contributed by atoms with Gasteiger partial charge in [-0.1, -0.05) is 24.3 Å². The number of anilines is 2. The van der Waals surface area contributed by atoms with Crippen LogP contribution in [0, 0.1) is 0 Å². The van der Waals surface area contributed by atoms with Crippen LogP contribution in [0.15, 0.2) is 60.7 Å². The normalized spacial score (nSPS) is 10.5. The SMILES string of the molecule is COc1ccc(N(C(N)=O)c2cc3ccccc3cc2O)cc1. The predicted octanol–water partition coefficient (Wildman–Crippen LogP) is 3.77. The number of nitrogens with two attached hydrogens (primary N) is 1. The van der Waals surface area contributed by atoms with Crippen LogP contribution in [0.3, 0.4) is 0 Å². The Kier molecular flexibility index (Phi) is 3.76. The Morgan fingerprint density at radius 2 is 1.65 bits per heavy atom. The first kappa shape index (κ1) is 14.7. The maximum Gasteiger partial charge on any atom is 0.324 e. The molecule has 3 N–H and O–H groups in total. The van der Waals surface area contributed by atoms with E-state index in [0.717, 1.165) is 10.8 Å². The summed E-state index contributed by atoms with van der Waals surface area (Å²) in [5, 5.41) is 12.1. The molecule has 5 heteroatoms. The first-order valence-electron chi connectivity index (χ1n) is 7.05. The highest BCUT2D eigenvalue weighted by atomic mass is 16.5. The number of phenols is 1. The molecule has 3 aromatic rings. The van der Waals surface area contributed by atoms with Crippen molar-refractivity contribution in [2.24, 2.45) is 5.73 Å². The van der Waals surface area contributed by atoms with Gasteiger partial charge in [0.25, 0.3) is 0 Å². The lowest BCUT2D eigenvalue weighted by atomic mass is 10.1. The largest absolute Gasteiger partial charge is 0.506 e. The van der Waals surface area contributed by atoms with E-state index in [1.54, 1.807) is 43.5 Å². The minimum Gasteiger partial charge on any atom is -0.506 e. The summed E-state index contributed by atoms with van der Waals surface area (Å²) in [5.74, 6) is 0.652. The van der Waals surface area contributed by atoms with Crippen LogP contribution in [0.25, 0.3) is 10.8 Å². The third kappa shape index (κ3) is 2.76. The molecular formula is C18H16N2O3. The quantitative estimate of drug-likeness (QED) is 0.773. The summed E-state index contributed by atoms with van der Waals surface area (Å²) in [7, 11) is 1.57. The van der Waals surface area contributed by atoms with Crippen LogP contribution in [-0.2, 0) is 0 Å². The van der Waals surface area contributed by atoms with E-state index in [2.05, 4.69) is 0 Å². The number of carbonyl (C=O) groups is 1. The third-order valence-electron chi connectivity index (χ3n) is 3.63. The molecule has 0 bridgehead atoms. The van der Waals surface area contributed by atoms with Crippen molar-refractivity contribution in [3.63, 3.8) is 0 Å². The first-order valence-corrected chi connectivity index (χ1v) is 7.05. The maximum absolute atomic E-state index is 11.9. The molecule has 0 unspecified atom stereocenters. The fraction of sp³-hybridized carbons (Fsp3) is 0.0556. The highest BCUT2D eigenvalue weighted by Gasteiger charge is 2.19. The zero-order valence-electron chi connectivity index (χ0n) is 12.6. The number of rotatable bonds is 3. The molecule has 0 spiro atoms. The molecule has 0 aliphatic heterocycles. The van der Waals surface area contributed by atoms with Gasteiger partial charge in [-0.3, -0.25) is 4.90 Å². The Morgan fingerprint density at radius 3 is 2.22 bits per heavy atom. The van der Waals surface area contributed by atoms with Gasteiger partial charge in [-0.15, -0.1) is 0 Å². The van der Waals surface area contributed by atoms with Crippen molar-refractivity contribution in [3.05, 3.63) is 60.7 Å². The van der Waals surface area contributed by atoms with Crippen LogP contribution in [-0.4, -0.2) is 18.2 Å². The Hall–Kier alpha value is -3.21. The number of fused-ring (bicyclic) bond motifs is 1. The zero-order chi connectivity index (χ0) is 16.4. The number of carbonyl (C=O) groups excluding carboxylic acids is 1. The van der Waals surface area contributed by atoms with Crippen molar-refractivity contribution in [1.82, 2.24) is 0 Å². The lowest BCUT2D eigenvalue weighted by Crippen LogP contribution is -2.31. The van der Waals surface area contributed by atoms with Crippen LogP contribution in [0.1, 0.15) is 0 Å². The lowest BCUT2D eigenvalue weighted by molar-refractivity contribution is 0.256. The second-order valence-corrected chi connectivity index (χ2v) is 5.06. The smallest absolute Gasteiger partial charge is 0.324 e. The average Bonchev–Trinajstić information content (AvgIpc) is 2.56. The fourth-order valence-electron chi connectivity index (χ4n) is 2.51. The molecular weight excluding hydrogens is 292 g/mol. The Bertz CT molecular complexity index is 860. The van der Waals surface area contributed by atoms with Gasteiger partial charge in [-0.2, -0.15) is 0 Å². The van der Waals surface area contributed by atoms with Gasteiger partial charge in [-0.05, 0) is 47.2 Å². The summed E-state index contributed by atoms with van der Waals surface area (Å²) in [6.07, 6.45) is 0. The zero-order valence-corrected chi connectivity index (χ0v) is 12.6. The number of phenolic OH excluding ortho intramolecular Hbond substituents is 1. The number of hydrogen-bond donors (Lipinski definition) is 2. The number of benzene rings is 3. The number of amides is 2. The summed E-state index contributed by atoms with van der Waals surface area (Å²) in [5.41, 5.74) is 6.41. The van der Waals surface area contributed by atoms with E-state index in [1.165, 1.54) is 4.90 Å². The van der Waals surface area contributed by atoms with E-state index in [-0.39, 0.29) is 5.75 Å². The number of aromatic hydroxyl groups is 1. The van der Waals surface area contributed by atoms with Crippen LogP contribution >= 0.6 is 0 Å². The van der Waals surface area contributed by atoms with E-state index in [0.29, 0.717) is 17.1 Å². The number of methoxy groups -OCH3 is 1. The Balaban J connectivity index is 2.14. The molecule has 3 aromatic carbocycles. The van der Waals surface area contributed by atoms with Crippen molar-refractivity contribution >= 4 is 28.2 Å². The molecule has 5 nitrogen and oxygen atoms in total. The molecule has 0 fully saturated rings. The molecule has 116 valence electrons. The summed E-state index contributed by atoms with van der Waals surface area (Å²) in [6, 6.07) is 17.1. The van der Waals surface area contributed by atoms with Gasteiger partial charge < -0.3 is 15.6 Å². The summed E-state index contributed by atoms with van der Waals surface area (Å²) in [6.45, 7) is 0. The summed E-state index contributed by atoms with van der Waals surface area (Å²) < 4.78 is 5.11. The van der Waals surface area contributed by atoms with Gasteiger partial charge in [0, 0.05) is 0 Å². The highest BCUT2D eigenvalue weighted by molar-refractivity contribution is 6.02. The topological polar surface area (TPSA) is 75.8 Å². The molecule has 0 heterocycles. The minimum absolute atomic E-state index is 0.0154.